The third-order valence-corrected chi connectivity index (χ3v) is 2.79. The van der Waals surface area contributed by atoms with E-state index >= 15 is 0 Å². The van der Waals surface area contributed by atoms with E-state index in [0.717, 1.165) is 30.6 Å². The summed E-state index contributed by atoms with van der Waals surface area (Å²) in [5, 5.41) is 0. The van der Waals surface area contributed by atoms with Crippen molar-refractivity contribution in [3.05, 3.63) is 57.8 Å². The van der Waals surface area contributed by atoms with E-state index < -0.39 is 0 Å². The van der Waals surface area contributed by atoms with E-state index in [1.807, 2.05) is 24.3 Å². The maximum atomic E-state index is 11.3. The number of rotatable bonds is 4. The first-order valence-electron chi connectivity index (χ1n) is 6.05. The normalized spacial score (nSPS) is 10.5. The Kier molecular flexibility index (Phi) is 3.77. The molecule has 0 aliphatic rings. The highest BCUT2D eigenvalue weighted by atomic mass is 16.1. The molecule has 94 valence electrons. The predicted octanol–water partition coefficient (Wildman–Crippen LogP) is 1.84. The lowest BCUT2D eigenvalue weighted by Gasteiger charge is -2.03. The third kappa shape index (κ3) is 3.45. The Balaban J connectivity index is 1.92. The number of aryl methyl sites for hydroxylation is 3. The zero-order valence-corrected chi connectivity index (χ0v) is 10.4. The summed E-state index contributed by atoms with van der Waals surface area (Å²) in [6, 6.07) is 9.45. The smallest absolute Gasteiger partial charge is 0.251 e. The minimum absolute atomic E-state index is 0.0787. The zero-order valence-electron chi connectivity index (χ0n) is 10.4. The van der Waals surface area contributed by atoms with Crippen molar-refractivity contribution in [2.75, 3.05) is 5.73 Å². The van der Waals surface area contributed by atoms with Crippen LogP contribution < -0.4 is 11.3 Å². The number of aromatic amines is 1. The summed E-state index contributed by atoms with van der Waals surface area (Å²) in [4.78, 5) is 18.2. The zero-order chi connectivity index (χ0) is 13.0. The number of anilines is 1. The summed E-state index contributed by atoms with van der Waals surface area (Å²) in [6.45, 7) is 1.80. The van der Waals surface area contributed by atoms with Crippen LogP contribution in [0.4, 0.5) is 5.69 Å². The number of hydrogen-bond donors (Lipinski definition) is 2. The minimum Gasteiger partial charge on any atom is -0.399 e. The molecule has 0 aliphatic carbocycles. The number of nitrogens with zero attached hydrogens (tertiary/aromatic N) is 1. The molecule has 0 atom stereocenters. The number of nitrogens with one attached hydrogen (secondary N) is 1. The van der Waals surface area contributed by atoms with Crippen LogP contribution >= 0.6 is 0 Å². The van der Waals surface area contributed by atoms with Gasteiger partial charge in [-0.05, 0) is 43.9 Å². The van der Waals surface area contributed by atoms with Crippen LogP contribution in [0.5, 0.6) is 0 Å². The van der Waals surface area contributed by atoms with E-state index in [2.05, 4.69) is 9.97 Å². The van der Waals surface area contributed by atoms with E-state index in [1.165, 1.54) is 5.56 Å². The molecule has 2 aromatic rings. The number of hydrogen-bond acceptors (Lipinski definition) is 3. The van der Waals surface area contributed by atoms with Crippen molar-refractivity contribution in [1.29, 1.82) is 0 Å². The minimum atomic E-state index is -0.0787. The van der Waals surface area contributed by atoms with Crippen LogP contribution in [0.2, 0.25) is 0 Å². The van der Waals surface area contributed by atoms with Crippen molar-refractivity contribution in [2.45, 2.75) is 26.2 Å². The van der Waals surface area contributed by atoms with Crippen LogP contribution in [0.1, 0.15) is 23.5 Å². The number of nitrogen functional groups attached to an aromatic ring is 1. The molecule has 1 heterocycles. The van der Waals surface area contributed by atoms with Crippen LogP contribution in [0.15, 0.2) is 35.1 Å². The Labute approximate surface area is 106 Å². The number of benzene rings is 1. The van der Waals surface area contributed by atoms with Gasteiger partial charge in [-0.3, -0.25) is 4.79 Å². The highest BCUT2D eigenvalue weighted by molar-refractivity contribution is 5.39. The lowest BCUT2D eigenvalue weighted by molar-refractivity contribution is 0.784. The van der Waals surface area contributed by atoms with Crippen molar-refractivity contribution < 1.29 is 0 Å². The second-order valence-electron chi connectivity index (χ2n) is 4.42. The van der Waals surface area contributed by atoms with Gasteiger partial charge < -0.3 is 10.7 Å². The molecular formula is C14H17N3O. The molecule has 0 aliphatic heterocycles. The fraction of sp³-hybridized carbons (Fsp3) is 0.286. The predicted molar refractivity (Wildman–Crippen MR) is 72.5 cm³/mol. The van der Waals surface area contributed by atoms with E-state index in [1.54, 1.807) is 13.0 Å². The molecule has 0 spiro atoms. The highest BCUT2D eigenvalue weighted by Crippen LogP contribution is 2.09. The van der Waals surface area contributed by atoms with Gasteiger partial charge in [-0.15, -0.1) is 0 Å². The summed E-state index contributed by atoms with van der Waals surface area (Å²) >= 11 is 0. The third-order valence-electron chi connectivity index (χ3n) is 2.79. The molecule has 0 radical (unpaired) electrons. The Morgan fingerprint density at radius 3 is 2.61 bits per heavy atom. The molecule has 1 aromatic carbocycles. The Bertz CT molecular complexity index is 572. The highest BCUT2D eigenvalue weighted by Gasteiger charge is 1.99. The molecular weight excluding hydrogens is 226 g/mol. The van der Waals surface area contributed by atoms with Gasteiger partial charge in [-0.25, -0.2) is 4.98 Å². The van der Waals surface area contributed by atoms with E-state index in [9.17, 15) is 4.79 Å². The number of nitrogens with two attached hydrogens (primary N) is 1. The van der Waals surface area contributed by atoms with Gasteiger partial charge in [0.25, 0.3) is 5.56 Å². The molecule has 1 aromatic heterocycles. The topological polar surface area (TPSA) is 71.8 Å². The maximum Gasteiger partial charge on any atom is 0.251 e. The van der Waals surface area contributed by atoms with Crippen LogP contribution in [0.3, 0.4) is 0 Å². The van der Waals surface area contributed by atoms with Gasteiger partial charge in [0, 0.05) is 17.4 Å². The first-order valence-corrected chi connectivity index (χ1v) is 6.05. The first kappa shape index (κ1) is 12.4. The molecule has 0 amide bonds. The molecule has 0 bridgehead atoms. The number of H-pyrrole nitrogens is 1. The van der Waals surface area contributed by atoms with Crippen LogP contribution in [-0.2, 0) is 12.8 Å². The first-order chi connectivity index (χ1) is 8.63. The second-order valence-corrected chi connectivity index (χ2v) is 4.42. The lowest BCUT2D eigenvalue weighted by atomic mass is 10.1. The molecule has 0 saturated heterocycles. The Hall–Kier alpha value is -2.10. The summed E-state index contributed by atoms with van der Waals surface area (Å²) < 4.78 is 0. The largest absolute Gasteiger partial charge is 0.399 e. The van der Waals surface area contributed by atoms with Gasteiger partial charge in [0.05, 0.1) is 0 Å². The SMILES string of the molecule is Cc1nc(CCCc2ccc(N)cc2)cc(=O)[nH]1. The fourth-order valence-corrected chi connectivity index (χ4v) is 1.93. The standard InChI is InChI=1S/C14H17N3O/c1-10-16-13(9-14(18)17-10)4-2-3-11-5-7-12(15)8-6-11/h5-9H,2-4,15H2,1H3,(H,16,17,18). The molecule has 2 rings (SSSR count). The van der Waals surface area contributed by atoms with Crippen molar-refractivity contribution in [3.63, 3.8) is 0 Å². The van der Waals surface area contributed by atoms with Crippen molar-refractivity contribution in [3.8, 4) is 0 Å². The summed E-state index contributed by atoms with van der Waals surface area (Å²) in [7, 11) is 0. The monoisotopic (exact) mass is 243 g/mol. The molecule has 0 fully saturated rings. The van der Waals surface area contributed by atoms with E-state index in [-0.39, 0.29) is 5.56 Å². The molecule has 4 heteroatoms. The maximum absolute atomic E-state index is 11.3. The Morgan fingerprint density at radius 2 is 1.94 bits per heavy atom. The lowest BCUT2D eigenvalue weighted by Crippen LogP contribution is -2.10. The van der Waals surface area contributed by atoms with Gasteiger partial charge in [0.15, 0.2) is 0 Å². The van der Waals surface area contributed by atoms with Crippen LogP contribution in [-0.4, -0.2) is 9.97 Å². The van der Waals surface area contributed by atoms with Crippen molar-refractivity contribution in [1.82, 2.24) is 9.97 Å². The van der Waals surface area contributed by atoms with Crippen molar-refractivity contribution in [2.24, 2.45) is 0 Å². The molecule has 4 nitrogen and oxygen atoms in total. The second kappa shape index (κ2) is 5.49. The Morgan fingerprint density at radius 1 is 1.22 bits per heavy atom. The summed E-state index contributed by atoms with van der Waals surface area (Å²) in [5.74, 6) is 0.671. The van der Waals surface area contributed by atoms with E-state index in [4.69, 9.17) is 5.73 Å². The summed E-state index contributed by atoms with van der Waals surface area (Å²) in [5.41, 5.74) is 8.44. The van der Waals surface area contributed by atoms with Gasteiger partial charge in [-0.2, -0.15) is 0 Å². The quantitative estimate of drug-likeness (QED) is 0.805. The average molecular weight is 243 g/mol. The summed E-state index contributed by atoms with van der Waals surface area (Å²) in [6.07, 6.45) is 2.75. The van der Waals surface area contributed by atoms with Gasteiger partial charge in [0.2, 0.25) is 0 Å². The van der Waals surface area contributed by atoms with Crippen LogP contribution in [0.25, 0.3) is 0 Å². The number of aromatic nitrogens is 2. The fourth-order valence-electron chi connectivity index (χ4n) is 1.93. The van der Waals surface area contributed by atoms with Gasteiger partial charge in [-0.1, -0.05) is 12.1 Å². The van der Waals surface area contributed by atoms with E-state index in [0.29, 0.717) is 5.82 Å². The van der Waals surface area contributed by atoms with Crippen LogP contribution in [0, 0.1) is 6.92 Å². The van der Waals surface area contributed by atoms with Gasteiger partial charge >= 0.3 is 0 Å². The van der Waals surface area contributed by atoms with Crippen molar-refractivity contribution >= 4 is 5.69 Å². The average Bonchev–Trinajstić information content (AvgIpc) is 2.30. The molecule has 18 heavy (non-hydrogen) atoms. The van der Waals surface area contributed by atoms with Gasteiger partial charge in [0.1, 0.15) is 5.82 Å². The molecule has 0 saturated carbocycles. The molecule has 0 unspecified atom stereocenters. The molecule has 3 N–H and O–H groups in total.